The Morgan fingerprint density at radius 1 is 1.09 bits per heavy atom. The monoisotopic (exact) mass is 382 g/mol. The predicted molar refractivity (Wildman–Crippen MR) is 99.1 cm³/mol. The molecule has 2 heterocycles. The lowest BCUT2D eigenvalue weighted by Crippen LogP contribution is -2.01. The van der Waals surface area contributed by atoms with Crippen molar-refractivity contribution < 1.29 is 4.79 Å². The van der Waals surface area contributed by atoms with Crippen LogP contribution < -0.4 is 5.73 Å². The molecule has 3 nitrogen and oxygen atoms in total. The number of nitrogens with zero attached hydrogens (tertiary/aromatic N) is 1. The van der Waals surface area contributed by atoms with Gasteiger partial charge in [-0.2, -0.15) is 0 Å². The Hall–Kier alpha value is -2.24. The molecule has 0 unspecified atom stereocenters. The summed E-state index contributed by atoms with van der Waals surface area (Å²) in [6.45, 7) is 0. The number of carbonyl (C=O) groups excluding carboxylic acids is 1. The lowest BCUT2D eigenvalue weighted by Gasteiger charge is -2.00. The predicted octanol–water partition coefficient (Wildman–Crippen LogP) is 5.03. The number of thiophene rings is 1. The number of rotatable bonds is 2. The van der Waals surface area contributed by atoms with Crippen LogP contribution in [0.15, 0.2) is 59.1 Å². The number of hydrogen-bond donors (Lipinski definition) is 1. The third-order valence-corrected chi connectivity index (χ3v) is 5.38. The van der Waals surface area contributed by atoms with Gasteiger partial charge in [0.2, 0.25) is 5.78 Å². The van der Waals surface area contributed by atoms with Crippen LogP contribution in [0.25, 0.3) is 21.1 Å². The molecule has 0 saturated carbocycles. The summed E-state index contributed by atoms with van der Waals surface area (Å²) in [7, 11) is 0. The molecule has 0 spiro atoms. The van der Waals surface area contributed by atoms with Crippen LogP contribution in [0.5, 0.6) is 0 Å². The van der Waals surface area contributed by atoms with Gasteiger partial charge in [-0.15, -0.1) is 11.3 Å². The van der Waals surface area contributed by atoms with Crippen molar-refractivity contribution in [2.45, 2.75) is 0 Å². The summed E-state index contributed by atoms with van der Waals surface area (Å²) < 4.78 is 0.936. The van der Waals surface area contributed by atoms with Crippen LogP contribution in [-0.4, -0.2) is 10.8 Å². The van der Waals surface area contributed by atoms with Crippen LogP contribution in [-0.2, 0) is 0 Å². The number of fused-ring (bicyclic) bond motifs is 2. The number of pyridine rings is 1. The van der Waals surface area contributed by atoms with E-state index >= 15 is 0 Å². The SMILES string of the molecule is Nc1c(C(=O)c2ccc(Br)cc2)sc2nc3ccccc3cc12. The molecule has 0 amide bonds. The lowest BCUT2D eigenvalue weighted by atomic mass is 10.1. The third-order valence-electron chi connectivity index (χ3n) is 3.74. The molecule has 0 bridgehead atoms. The normalized spacial score (nSPS) is 11.2. The molecular formula is C18H11BrN2OS. The fourth-order valence-corrected chi connectivity index (χ4v) is 3.85. The second-order valence-electron chi connectivity index (χ2n) is 5.21. The van der Waals surface area contributed by atoms with E-state index in [1.807, 2.05) is 42.5 Å². The Kier molecular flexibility index (Phi) is 3.39. The molecule has 0 atom stereocenters. The zero-order chi connectivity index (χ0) is 16.0. The minimum absolute atomic E-state index is 0.0675. The highest BCUT2D eigenvalue weighted by Gasteiger charge is 2.19. The molecule has 0 saturated heterocycles. The smallest absolute Gasteiger partial charge is 0.205 e. The van der Waals surface area contributed by atoms with Crippen molar-refractivity contribution in [2.24, 2.45) is 0 Å². The summed E-state index contributed by atoms with van der Waals surface area (Å²) in [6, 6.07) is 17.2. The minimum atomic E-state index is -0.0675. The number of benzene rings is 2. The van der Waals surface area contributed by atoms with Gasteiger partial charge in [-0.25, -0.2) is 4.98 Å². The Morgan fingerprint density at radius 3 is 2.61 bits per heavy atom. The zero-order valence-electron chi connectivity index (χ0n) is 11.9. The van der Waals surface area contributed by atoms with Crippen LogP contribution in [0.3, 0.4) is 0 Å². The minimum Gasteiger partial charge on any atom is -0.397 e. The maximum atomic E-state index is 12.7. The summed E-state index contributed by atoms with van der Waals surface area (Å²) in [5.74, 6) is -0.0675. The first kappa shape index (κ1) is 14.4. The van der Waals surface area contributed by atoms with Gasteiger partial charge in [0.15, 0.2) is 0 Å². The van der Waals surface area contributed by atoms with Gasteiger partial charge in [0.25, 0.3) is 0 Å². The topological polar surface area (TPSA) is 56.0 Å². The van der Waals surface area contributed by atoms with E-state index in [0.717, 1.165) is 25.6 Å². The van der Waals surface area contributed by atoms with E-state index in [1.165, 1.54) is 11.3 Å². The van der Waals surface area contributed by atoms with Crippen molar-refractivity contribution in [1.29, 1.82) is 0 Å². The van der Waals surface area contributed by atoms with Gasteiger partial charge in [-0.3, -0.25) is 4.79 Å². The van der Waals surface area contributed by atoms with Gasteiger partial charge in [-0.1, -0.05) is 34.1 Å². The van der Waals surface area contributed by atoms with Gasteiger partial charge in [-0.05, 0) is 36.4 Å². The summed E-state index contributed by atoms with van der Waals surface area (Å²) in [6.07, 6.45) is 0. The summed E-state index contributed by atoms with van der Waals surface area (Å²) in [5, 5.41) is 1.86. The third kappa shape index (κ3) is 2.42. The number of ketones is 1. The van der Waals surface area contributed by atoms with E-state index in [2.05, 4.69) is 20.9 Å². The van der Waals surface area contributed by atoms with Gasteiger partial charge in [0.1, 0.15) is 9.71 Å². The number of nitrogen functional groups attached to an aromatic ring is 1. The molecule has 112 valence electrons. The number of hydrogen-bond acceptors (Lipinski definition) is 4. The summed E-state index contributed by atoms with van der Waals surface area (Å²) >= 11 is 4.72. The van der Waals surface area contributed by atoms with Crippen LogP contribution in [0.1, 0.15) is 15.2 Å². The zero-order valence-corrected chi connectivity index (χ0v) is 14.3. The van der Waals surface area contributed by atoms with Gasteiger partial charge in [0, 0.05) is 20.8 Å². The molecule has 2 N–H and O–H groups in total. The standard InChI is InChI=1S/C18H11BrN2OS/c19-12-7-5-10(6-8-12)16(22)17-15(20)13-9-11-3-1-2-4-14(11)21-18(13)23-17/h1-9H,20H2. The molecule has 0 radical (unpaired) electrons. The molecule has 4 rings (SSSR count). The van der Waals surface area contributed by atoms with Crippen LogP contribution >= 0.6 is 27.3 Å². The van der Waals surface area contributed by atoms with Crippen molar-refractivity contribution in [3.63, 3.8) is 0 Å². The number of halogens is 1. The number of aromatic nitrogens is 1. The molecular weight excluding hydrogens is 372 g/mol. The number of nitrogens with two attached hydrogens (primary N) is 1. The molecule has 0 aliphatic rings. The Balaban J connectivity index is 1.90. The number of para-hydroxylation sites is 1. The number of carbonyl (C=O) groups is 1. The van der Waals surface area contributed by atoms with E-state index < -0.39 is 0 Å². The second-order valence-corrected chi connectivity index (χ2v) is 7.13. The highest BCUT2D eigenvalue weighted by molar-refractivity contribution is 9.10. The van der Waals surface area contributed by atoms with E-state index in [9.17, 15) is 4.79 Å². The van der Waals surface area contributed by atoms with Crippen LogP contribution in [0.2, 0.25) is 0 Å². The molecule has 2 aromatic heterocycles. The lowest BCUT2D eigenvalue weighted by molar-refractivity contribution is 0.104. The molecule has 0 aliphatic carbocycles. The highest BCUT2D eigenvalue weighted by Crippen LogP contribution is 2.35. The second kappa shape index (κ2) is 5.44. The largest absolute Gasteiger partial charge is 0.397 e. The molecule has 0 aliphatic heterocycles. The summed E-state index contributed by atoms with van der Waals surface area (Å²) in [5.41, 5.74) is 8.28. The average Bonchev–Trinajstić information content (AvgIpc) is 2.89. The van der Waals surface area contributed by atoms with E-state index in [-0.39, 0.29) is 5.78 Å². The van der Waals surface area contributed by atoms with E-state index in [4.69, 9.17) is 5.73 Å². The van der Waals surface area contributed by atoms with Gasteiger partial charge >= 0.3 is 0 Å². The first-order valence-electron chi connectivity index (χ1n) is 7.01. The summed E-state index contributed by atoms with van der Waals surface area (Å²) in [4.78, 5) is 18.7. The fraction of sp³-hybridized carbons (Fsp3) is 0. The van der Waals surface area contributed by atoms with Crippen molar-refractivity contribution >= 4 is 59.9 Å². The maximum Gasteiger partial charge on any atom is 0.205 e. The Labute approximate surface area is 144 Å². The first-order chi connectivity index (χ1) is 11.1. The van der Waals surface area contributed by atoms with E-state index in [0.29, 0.717) is 16.1 Å². The first-order valence-corrected chi connectivity index (χ1v) is 8.62. The molecule has 4 aromatic rings. The molecule has 23 heavy (non-hydrogen) atoms. The quantitative estimate of drug-likeness (QED) is 0.494. The molecule has 5 heteroatoms. The van der Waals surface area contributed by atoms with E-state index in [1.54, 1.807) is 12.1 Å². The molecule has 2 aromatic carbocycles. The maximum absolute atomic E-state index is 12.7. The van der Waals surface area contributed by atoms with Crippen molar-refractivity contribution in [3.8, 4) is 0 Å². The van der Waals surface area contributed by atoms with Crippen molar-refractivity contribution in [3.05, 3.63) is 69.5 Å². The molecule has 0 fully saturated rings. The average molecular weight is 383 g/mol. The Bertz CT molecular complexity index is 1050. The van der Waals surface area contributed by atoms with Crippen LogP contribution in [0.4, 0.5) is 5.69 Å². The van der Waals surface area contributed by atoms with Gasteiger partial charge in [0.05, 0.1) is 11.2 Å². The van der Waals surface area contributed by atoms with Gasteiger partial charge < -0.3 is 5.73 Å². The van der Waals surface area contributed by atoms with Crippen molar-refractivity contribution in [1.82, 2.24) is 4.98 Å². The van der Waals surface area contributed by atoms with Crippen molar-refractivity contribution in [2.75, 3.05) is 5.73 Å². The number of anilines is 1. The highest BCUT2D eigenvalue weighted by atomic mass is 79.9. The fourth-order valence-electron chi connectivity index (χ4n) is 2.54. The Morgan fingerprint density at radius 2 is 1.83 bits per heavy atom. The van der Waals surface area contributed by atoms with Crippen LogP contribution in [0, 0.1) is 0 Å².